The van der Waals surface area contributed by atoms with Gasteiger partial charge in [-0.15, -0.1) is 0 Å². The number of hydrogen-bond acceptors (Lipinski definition) is 4. The fraction of sp³-hybridized carbons (Fsp3) is 0.182. The molecular weight excluding hydrogens is 276 g/mol. The van der Waals surface area contributed by atoms with E-state index in [1.807, 2.05) is 6.92 Å². The van der Waals surface area contributed by atoms with E-state index in [2.05, 4.69) is 9.71 Å². The van der Waals surface area contributed by atoms with Crippen molar-refractivity contribution in [1.29, 1.82) is 0 Å². The van der Waals surface area contributed by atoms with Crippen LogP contribution in [-0.4, -0.2) is 13.4 Å². The normalized spacial score (nSPS) is 11.7. The monoisotopic (exact) mass is 286 g/mol. The number of sulfonamides is 1. The third kappa shape index (κ3) is 2.90. The zero-order valence-electron chi connectivity index (χ0n) is 9.55. The van der Waals surface area contributed by atoms with E-state index >= 15 is 0 Å². The molecule has 0 aliphatic carbocycles. The van der Waals surface area contributed by atoms with E-state index in [4.69, 9.17) is 16.0 Å². The first-order valence-corrected chi connectivity index (χ1v) is 6.98. The van der Waals surface area contributed by atoms with Crippen molar-refractivity contribution in [1.82, 2.24) is 9.71 Å². The number of hydrogen-bond donors (Lipinski definition) is 1. The summed E-state index contributed by atoms with van der Waals surface area (Å²) in [6, 6.07) is 4.58. The minimum Gasteiger partial charge on any atom is -0.451 e. The van der Waals surface area contributed by atoms with Crippen molar-refractivity contribution in [3.05, 3.63) is 47.1 Å². The number of aromatic nitrogens is 1. The van der Waals surface area contributed by atoms with Crippen LogP contribution in [0.2, 0.25) is 5.02 Å². The van der Waals surface area contributed by atoms with Gasteiger partial charge in [0.15, 0.2) is 6.39 Å². The molecule has 2 aromatic rings. The number of halogens is 1. The molecule has 1 aromatic carbocycles. The lowest BCUT2D eigenvalue weighted by Crippen LogP contribution is -2.23. The van der Waals surface area contributed by atoms with E-state index in [9.17, 15) is 8.42 Å². The van der Waals surface area contributed by atoms with E-state index < -0.39 is 10.0 Å². The van der Waals surface area contributed by atoms with E-state index in [0.29, 0.717) is 10.7 Å². The van der Waals surface area contributed by atoms with Crippen molar-refractivity contribution in [3.63, 3.8) is 0 Å². The first-order chi connectivity index (χ1) is 8.49. The quantitative estimate of drug-likeness (QED) is 0.934. The van der Waals surface area contributed by atoms with Crippen molar-refractivity contribution < 1.29 is 12.8 Å². The van der Waals surface area contributed by atoms with Crippen LogP contribution in [-0.2, 0) is 16.6 Å². The molecule has 1 aromatic heterocycles. The van der Waals surface area contributed by atoms with Gasteiger partial charge in [-0.1, -0.05) is 17.7 Å². The highest BCUT2D eigenvalue weighted by molar-refractivity contribution is 7.89. The summed E-state index contributed by atoms with van der Waals surface area (Å²) in [5.74, 6) is 0. The SMILES string of the molecule is Cc1ccc(S(=O)(=O)NCc2cocn2)cc1Cl. The van der Waals surface area contributed by atoms with Gasteiger partial charge in [-0.05, 0) is 24.6 Å². The van der Waals surface area contributed by atoms with Crippen LogP contribution < -0.4 is 4.72 Å². The standard InChI is InChI=1S/C11H11ClN2O3S/c1-8-2-3-10(4-11(8)12)18(15,16)14-5-9-6-17-7-13-9/h2-4,6-7,14H,5H2,1H3. The maximum absolute atomic E-state index is 12.0. The van der Waals surface area contributed by atoms with Gasteiger partial charge in [-0.2, -0.15) is 0 Å². The molecule has 2 rings (SSSR count). The smallest absolute Gasteiger partial charge is 0.240 e. The molecule has 0 aliphatic rings. The van der Waals surface area contributed by atoms with Gasteiger partial charge in [-0.3, -0.25) is 0 Å². The predicted molar refractivity (Wildman–Crippen MR) is 66.7 cm³/mol. The second-order valence-corrected chi connectivity index (χ2v) is 5.89. The molecule has 1 heterocycles. The highest BCUT2D eigenvalue weighted by atomic mass is 35.5. The second-order valence-electron chi connectivity index (χ2n) is 3.72. The molecule has 0 radical (unpaired) electrons. The Kier molecular flexibility index (Phi) is 3.70. The van der Waals surface area contributed by atoms with Crippen LogP contribution in [0.15, 0.2) is 40.2 Å². The molecule has 1 N–H and O–H groups in total. The van der Waals surface area contributed by atoms with Gasteiger partial charge in [0.1, 0.15) is 6.26 Å². The Balaban J connectivity index is 2.17. The van der Waals surface area contributed by atoms with E-state index in [1.54, 1.807) is 6.07 Å². The van der Waals surface area contributed by atoms with Crippen LogP contribution in [0.3, 0.4) is 0 Å². The number of nitrogens with zero attached hydrogens (tertiary/aromatic N) is 1. The van der Waals surface area contributed by atoms with Crippen molar-refractivity contribution in [3.8, 4) is 0 Å². The Labute approximate surface area is 110 Å². The summed E-state index contributed by atoms with van der Waals surface area (Å²) in [5, 5.41) is 0.416. The highest BCUT2D eigenvalue weighted by Gasteiger charge is 2.15. The summed E-state index contributed by atoms with van der Waals surface area (Å²) in [7, 11) is -3.59. The number of oxazole rings is 1. The Morgan fingerprint density at radius 1 is 1.44 bits per heavy atom. The molecule has 0 amide bonds. The van der Waals surface area contributed by atoms with Gasteiger partial charge in [0.2, 0.25) is 10.0 Å². The molecule has 7 heteroatoms. The average Bonchev–Trinajstić information content (AvgIpc) is 2.83. The molecule has 0 saturated carbocycles. The van der Waals surface area contributed by atoms with Crippen molar-refractivity contribution in [2.45, 2.75) is 18.4 Å². The Morgan fingerprint density at radius 2 is 2.22 bits per heavy atom. The molecule has 0 saturated heterocycles. The molecular formula is C11H11ClN2O3S. The summed E-state index contributed by atoms with van der Waals surface area (Å²) in [6.45, 7) is 1.88. The lowest BCUT2D eigenvalue weighted by Gasteiger charge is -2.06. The van der Waals surface area contributed by atoms with Gasteiger partial charge in [0, 0.05) is 5.02 Å². The van der Waals surface area contributed by atoms with Gasteiger partial charge >= 0.3 is 0 Å². The Morgan fingerprint density at radius 3 is 2.83 bits per heavy atom. The van der Waals surface area contributed by atoms with Crippen LogP contribution in [0.5, 0.6) is 0 Å². The van der Waals surface area contributed by atoms with Crippen molar-refractivity contribution in [2.75, 3.05) is 0 Å². The molecule has 0 bridgehead atoms. The zero-order chi connectivity index (χ0) is 13.2. The first-order valence-electron chi connectivity index (χ1n) is 5.12. The molecule has 0 unspecified atom stereocenters. The predicted octanol–water partition coefficient (Wildman–Crippen LogP) is 2.11. The van der Waals surface area contributed by atoms with Crippen LogP contribution in [0.4, 0.5) is 0 Å². The van der Waals surface area contributed by atoms with Crippen LogP contribution in [0, 0.1) is 6.92 Å². The summed E-state index contributed by atoms with van der Waals surface area (Å²) >= 11 is 5.90. The summed E-state index contributed by atoms with van der Waals surface area (Å²) < 4.78 is 31.1. The number of nitrogens with one attached hydrogen (secondary N) is 1. The molecule has 0 fully saturated rings. The number of rotatable bonds is 4. The second kappa shape index (κ2) is 5.09. The maximum Gasteiger partial charge on any atom is 0.240 e. The molecule has 96 valence electrons. The lowest BCUT2D eigenvalue weighted by molar-refractivity contribution is 0.555. The van der Waals surface area contributed by atoms with Gasteiger partial charge < -0.3 is 4.42 Å². The fourth-order valence-corrected chi connectivity index (χ4v) is 2.59. The minimum absolute atomic E-state index is 0.0737. The summed E-state index contributed by atoms with van der Waals surface area (Å²) in [5.41, 5.74) is 1.34. The Hall–Kier alpha value is -1.37. The summed E-state index contributed by atoms with van der Waals surface area (Å²) in [4.78, 5) is 3.95. The molecule has 5 nitrogen and oxygen atoms in total. The summed E-state index contributed by atoms with van der Waals surface area (Å²) in [6.07, 6.45) is 2.62. The van der Waals surface area contributed by atoms with E-state index in [0.717, 1.165) is 5.56 Å². The zero-order valence-corrected chi connectivity index (χ0v) is 11.1. The molecule has 0 aliphatic heterocycles. The average molecular weight is 287 g/mol. The topological polar surface area (TPSA) is 72.2 Å². The van der Waals surface area contributed by atoms with Crippen LogP contribution in [0.1, 0.15) is 11.3 Å². The first kappa shape index (κ1) is 13.1. The number of aryl methyl sites for hydroxylation is 1. The minimum atomic E-state index is -3.59. The third-order valence-electron chi connectivity index (χ3n) is 2.38. The van der Waals surface area contributed by atoms with E-state index in [-0.39, 0.29) is 11.4 Å². The van der Waals surface area contributed by atoms with Crippen LogP contribution >= 0.6 is 11.6 Å². The molecule has 0 spiro atoms. The number of benzene rings is 1. The van der Waals surface area contributed by atoms with E-state index in [1.165, 1.54) is 24.8 Å². The Bertz CT molecular complexity index is 638. The molecule has 0 atom stereocenters. The van der Waals surface area contributed by atoms with Crippen molar-refractivity contribution >= 4 is 21.6 Å². The third-order valence-corrected chi connectivity index (χ3v) is 4.19. The van der Waals surface area contributed by atoms with Crippen LogP contribution in [0.25, 0.3) is 0 Å². The highest BCUT2D eigenvalue weighted by Crippen LogP contribution is 2.19. The van der Waals surface area contributed by atoms with Crippen molar-refractivity contribution in [2.24, 2.45) is 0 Å². The molecule has 18 heavy (non-hydrogen) atoms. The van der Waals surface area contributed by atoms with Gasteiger partial charge in [0.05, 0.1) is 17.1 Å². The maximum atomic E-state index is 12.0. The van der Waals surface area contributed by atoms with Gasteiger partial charge in [-0.25, -0.2) is 18.1 Å². The largest absolute Gasteiger partial charge is 0.451 e. The lowest BCUT2D eigenvalue weighted by atomic mass is 10.2. The van der Waals surface area contributed by atoms with Gasteiger partial charge in [0.25, 0.3) is 0 Å². The fourth-order valence-electron chi connectivity index (χ4n) is 1.32.